The molecule has 0 spiro atoms. The number of carbonyl (C=O) groups is 1. The highest BCUT2D eigenvalue weighted by molar-refractivity contribution is 7.11. The normalized spacial score (nSPS) is 20.7. The molecule has 1 fully saturated rings. The third-order valence-corrected chi connectivity index (χ3v) is 4.28. The molecule has 0 radical (unpaired) electrons. The maximum atomic E-state index is 11.9. The first kappa shape index (κ1) is 12.5. The molecule has 0 aliphatic carbocycles. The summed E-state index contributed by atoms with van der Waals surface area (Å²) in [6.07, 6.45) is 2.43. The van der Waals surface area contributed by atoms with Gasteiger partial charge in [0.15, 0.2) is 0 Å². The van der Waals surface area contributed by atoms with Gasteiger partial charge in [-0.1, -0.05) is 6.92 Å². The SMILES string of the molecule is CCN1CCCC1CNC(=O)c1scnc1C. The zero-order valence-electron chi connectivity index (χ0n) is 10.4. The number of nitrogens with zero attached hydrogens (tertiary/aromatic N) is 2. The van der Waals surface area contributed by atoms with Crippen LogP contribution in [0.5, 0.6) is 0 Å². The molecule has 1 aliphatic rings. The molecule has 2 heterocycles. The number of aryl methyl sites for hydroxylation is 1. The lowest BCUT2D eigenvalue weighted by atomic mass is 10.2. The van der Waals surface area contributed by atoms with Crippen molar-refractivity contribution in [1.29, 1.82) is 0 Å². The summed E-state index contributed by atoms with van der Waals surface area (Å²) in [7, 11) is 0. The molecule has 0 aromatic carbocycles. The molecule has 2 rings (SSSR count). The molecule has 1 aliphatic heterocycles. The molecule has 1 saturated heterocycles. The first-order valence-electron chi connectivity index (χ1n) is 6.14. The molecule has 0 saturated carbocycles. The predicted molar refractivity (Wildman–Crippen MR) is 69.5 cm³/mol. The third-order valence-electron chi connectivity index (χ3n) is 3.36. The van der Waals surface area contributed by atoms with E-state index in [1.165, 1.54) is 24.2 Å². The maximum absolute atomic E-state index is 11.9. The summed E-state index contributed by atoms with van der Waals surface area (Å²) in [6.45, 7) is 7.04. The fraction of sp³-hybridized carbons (Fsp3) is 0.667. The Labute approximate surface area is 106 Å². The van der Waals surface area contributed by atoms with Crippen LogP contribution in [0.25, 0.3) is 0 Å². The minimum absolute atomic E-state index is 0.0213. The van der Waals surface area contributed by atoms with Gasteiger partial charge in [-0.3, -0.25) is 9.69 Å². The van der Waals surface area contributed by atoms with E-state index in [1.807, 2.05) is 6.92 Å². The van der Waals surface area contributed by atoms with Gasteiger partial charge >= 0.3 is 0 Å². The van der Waals surface area contributed by atoms with Gasteiger partial charge in [-0.25, -0.2) is 4.98 Å². The average molecular weight is 253 g/mol. The van der Waals surface area contributed by atoms with Crippen molar-refractivity contribution in [3.05, 3.63) is 16.1 Å². The van der Waals surface area contributed by atoms with Crippen LogP contribution >= 0.6 is 11.3 Å². The van der Waals surface area contributed by atoms with Crippen LogP contribution in [-0.2, 0) is 0 Å². The minimum atomic E-state index is 0.0213. The summed E-state index contributed by atoms with van der Waals surface area (Å²) in [5.41, 5.74) is 2.55. The second-order valence-corrected chi connectivity index (χ2v) is 5.26. The fourth-order valence-corrected chi connectivity index (χ4v) is 3.07. The number of carbonyl (C=O) groups excluding carboxylic acids is 1. The first-order valence-corrected chi connectivity index (χ1v) is 7.02. The van der Waals surface area contributed by atoms with Crippen LogP contribution < -0.4 is 5.32 Å². The van der Waals surface area contributed by atoms with Crippen molar-refractivity contribution in [2.24, 2.45) is 0 Å². The lowest BCUT2D eigenvalue weighted by molar-refractivity contribution is 0.0944. The molecule has 1 N–H and O–H groups in total. The zero-order valence-corrected chi connectivity index (χ0v) is 11.2. The molecular weight excluding hydrogens is 234 g/mol. The van der Waals surface area contributed by atoms with E-state index in [0.29, 0.717) is 6.04 Å². The van der Waals surface area contributed by atoms with Crippen LogP contribution in [0, 0.1) is 6.92 Å². The Hall–Kier alpha value is -0.940. The summed E-state index contributed by atoms with van der Waals surface area (Å²) < 4.78 is 0. The molecule has 94 valence electrons. The second kappa shape index (κ2) is 5.60. The van der Waals surface area contributed by atoms with Crippen molar-refractivity contribution in [2.75, 3.05) is 19.6 Å². The fourth-order valence-electron chi connectivity index (χ4n) is 2.35. The van der Waals surface area contributed by atoms with Gasteiger partial charge in [0, 0.05) is 12.6 Å². The molecule has 4 nitrogen and oxygen atoms in total. The van der Waals surface area contributed by atoms with E-state index in [4.69, 9.17) is 0 Å². The number of hydrogen-bond donors (Lipinski definition) is 1. The third kappa shape index (κ3) is 2.84. The predicted octanol–water partition coefficient (Wildman–Crippen LogP) is 1.67. The summed E-state index contributed by atoms with van der Waals surface area (Å²) >= 11 is 1.41. The quantitative estimate of drug-likeness (QED) is 0.887. The van der Waals surface area contributed by atoms with Crippen molar-refractivity contribution >= 4 is 17.2 Å². The zero-order chi connectivity index (χ0) is 12.3. The standard InChI is InChI=1S/C12H19N3OS/c1-3-15-6-4-5-10(15)7-13-12(16)11-9(2)14-8-17-11/h8,10H,3-7H2,1-2H3,(H,13,16). The topological polar surface area (TPSA) is 45.2 Å². The number of thiazole rings is 1. The van der Waals surface area contributed by atoms with Gasteiger partial charge in [0.25, 0.3) is 5.91 Å². The number of hydrogen-bond acceptors (Lipinski definition) is 4. The van der Waals surface area contributed by atoms with Crippen LogP contribution in [-0.4, -0.2) is 41.5 Å². The van der Waals surface area contributed by atoms with Crippen molar-refractivity contribution in [3.63, 3.8) is 0 Å². The monoisotopic (exact) mass is 253 g/mol. The Kier molecular flexibility index (Phi) is 4.12. The molecule has 1 amide bonds. The Morgan fingerprint density at radius 2 is 2.53 bits per heavy atom. The maximum Gasteiger partial charge on any atom is 0.263 e. The summed E-state index contributed by atoms with van der Waals surface area (Å²) in [4.78, 5) is 19.2. The molecule has 17 heavy (non-hydrogen) atoms. The molecule has 1 atom stereocenters. The van der Waals surface area contributed by atoms with Gasteiger partial charge in [-0.2, -0.15) is 0 Å². The van der Waals surface area contributed by atoms with E-state index in [2.05, 4.69) is 22.1 Å². The van der Waals surface area contributed by atoms with Crippen LogP contribution in [0.1, 0.15) is 35.1 Å². The molecule has 5 heteroatoms. The van der Waals surface area contributed by atoms with E-state index in [0.717, 1.165) is 30.2 Å². The minimum Gasteiger partial charge on any atom is -0.350 e. The lowest BCUT2D eigenvalue weighted by Gasteiger charge is -2.22. The Balaban J connectivity index is 1.86. The number of rotatable bonds is 4. The van der Waals surface area contributed by atoms with E-state index in [-0.39, 0.29) is 5.91 Å². The Morgan fingerprint density at radius 1 is 1.71 bits per heavy atom. The Morgan fingerprint density at radius 3 is 3.18 bits per heavy atom. The largest absolute Gasteiger partial charge is 0.350 e. The van der Waals surface area contributed by atoms with Gasteiger partial charge < -0.3 is 5.32 Å². The van der Waals surface area contributed by atoms with E-state index in [1.54, 1.807) is 5.51 Å². The Bertz CT molecular complexity index is 391. The van der Waals surface area contributed by atoms with Crippen LogP contribution in [0.2, 0.25) is 0 Å². The van der Waals surface area contributed by atoms with Crippen molar-refractivity contribution in [3.8, 4) is 0 Å². The summed E-state index contributed by atoms with van der Waals surface area (Å²) in [5, 5.41) is 3.02. The number of likely N-dealkylation sites (tertiary alicyclic amines) is 1. The average Bonchev–Trinajstić information content (AvgIpc) is 2.94. The van der Waals surface area contributed by atoms with Gasteiger partial charge in [0.2, 0.25) is 0 Å². The highest BCUT2D eigenvalue weighted by Crippen LogP contribution is 2.16. The number of amides is 1. The number of nitrogens with one attached hydrogen (secondary N) is 1. The van der Waals surface area contributed by atoms with Gasteiger partial charge in [-0.05, 0) is 32.9 Å². The summed E-state index contributed by atoms with van der Waals surface area (Å²) in [5.74, 6) is 0.0213. The van der Waals surface area contributed by atoms with E-state index in [9.17, 15) is 4.79 Å². The van der Waals surface area contributed by atoms with Crippen molar-refractivity contribution in [1.82, 2.24) is 15.2 Å². The molecule has 1 aromatic heterocycles. The van der Waals surface area contributed by atoms with Crippen LogP contribution in [0.3, 0.4) is 0 Å². The smallest absolute Gasteiger partial charge is 0.263 e. The summed E-state index contributed by atoms with van der Waals surface area (Å²) in [6, 6.07) is 0.511. The second-order valence-electron chi connectivity index (χ2n) is 4.40. The van der Waals surface area contributed by atoms with Crippen molar-refractivity contribution < 1.29 is 4.79 Å². The highest BCUT2D eigenvalue weighted by Gasteiger charge is 2.23. The molecule has 1 unspecified atom stereocenters. The van der Waals surface area contributed by atoms with E-state index >= 15 is 0 Å². The first-order chi connectivity index (χ1) is 8.22. The van der Waals surface area contributed by atoms with Crippen LogP contribution in [0.15, 0.2) is 5.51 Å². The molecule has 1 aromatic rings. The van der Waals surface area contributed by atoms with Gasteiger partial charge in [0.1, 0.15) is 4.88 Å². The van der Waals surface area contributed by atoms with Crippen molar-refractivity contribution in [2.45, 2.75) is 32.7 Å². The van der Waals surface area contributed by atoms with Gasteiger partial charge in [-0.15, -0.1) is 11.3 Å². The van der Waals surface area contributed by atoms with Crippen LogP contribution in [0.4, 0.5) is 0 Å². The molecular formula is C12H19N3OS. The van der Waals surface area contributed by atoms with E-state index < -0.39 is 0 Å². The number of likely N-dealkylation sites (N-methyl/N-ethyl adjacent to an activating group) is 1. The molecule has 0 bridgehead atoms. The lowest BCUT2D eigenvalue weighted by Crippen LogP contribution is -2.39. The van der Waals surface area contributed by atoms with Gasteiger partial charge in [0.05, 0.1) is 11.2 Å². The highest BCUT2D eigenvalue weighted by atomic mass is 32.1. The number of aromatic nitrogens is 1.